The molecular formula is C12H12BrF2NO. The van der Waals surface area contributed by atoms with Gasteiger partial charge in [0.1, 0.15) is 11.6 Å². The van der Waals surface area contributed by atoms with Crippen molar-refractivity contribution in [1.29, 1.82) is 0 Å². The molecule has 1 heterocycles. The Bertz CT molecular complexity index is 464. The third kappa shape index (κ3) is 2.34. The highest BCUT2D eigenvalue weighted by molar-refractivity contribution is 9.10. The maximum Gasteiger partial charge on any atom is 0.257 e. The van der Waals surface area contributed by atoms with Crippen molar-refractivity contribution in [3.8, 4) is 0 Å². The van der Waals surface area contributed by atoms with Crippen LogP contribution in [0.2, 0.25) is 0 Å². The van der Waals surface area contributed by atoms with Crippen LogP contribution in [-0.4, -0.2) is 23.4 Å². The Kier molecular flexibility index (Phi) is 3.47. The van der Waals surface area contributed by atoms with E-state index in [0.29, 0.717) is 6.54 Å². The summed E-state index contributed by atoms with van der Waals surface area (Å²) in [5.41, 5.74) is -0.0768. The highest BCUT2D eigenvalue weighted by Gasteiger charge is 2.28. The molecule has 92 valence electrons. The number of likely N-dealkylation sites (tertiary alicyclic amines) is 1. The molecule has 0 spiro atoms. The van der Waals surface area contributed by atoms with E-state index in [1.54, 1.807) is 4.90 Å². The molecule has 1 aliphatic rings. The normalized spacial score (nSPS) is 19.8. The molecule has 1 atom stereocenters. The molecule has 0 aliphatic carbocycles. The lowest BCUT2D eigenvalue weighted by molar-refractivity contribution is 0.0742. The van der Waals surface area contributed by atoms with Gasteiger partial charge < -0.3 is 4.90 Å². The third-order valence-electron chi connectivity index (χ3n) is 3.05. The summed E-state index contributed by atoms with van der Waals surface area (Å²) in [7, 11) is 0. The number of carbonyl (C=O) groups excluding carboxylic acids is 1. The van der Waals surface area contributed by atoms with Crippen LogP contribution in [0.25, 0.3) is 0 Å². The van der Waals surface area contributed by atoms with Crippen LogP contribution in [0.5, 0.6) is 0 Å². The molecule has 2 nitrogen and oxygen atoms in total. The molecule has 1 fully saturated rings. The molecule has 1 amide bonds. The second-order valence-electron chi connectivity index (χ2n) is 4.24. The smallest absolute Gasteiger partial charge is 0.257 e. The summed E-state index contributed by atoms with van der Waals surface area (Å²) in [6, 6.07) is 2.06. The number of carbonyl (C=O) groups is 1. The summed E-state index contributed by atoms with van der Waals surface area (Å²) in [6.45, 7) is 2.57. The number of hydrogen-bond acceptors (Lipinski definition) is 1. The van der Waals surface area contributed by atoms with Gasteiger partial charge in [0.15, 0.2) is 0 Å². The van der Waals surface area contributed by atoms with Crippen molar-refractivity contribution in [3.63, 3.8) is 0 Å². The zero-order chi connectivity index (χ0) is 12.6. The summed E-state index contributed by atoms with van der Waals surface area (Å²) in [5, 5.41) is 0. The van der Waals surface area contributed by atoms with Gasteiger partial charge in [-0.1, -0.05) is 0 Å². The highest BCUT2D eigenvalue weighted by atomic mass is 79.9. The van der Waals surface area contributed by atoms with E-state index < -0.39 is 11.6 Å². The van der Waals surface area contributed by atoms with Crippen molar-refractivity contribution in [3.05, 3.63) is 33.8 Å². The lowest BCUT2D eigenvalue weighted by atomic mass is 10.1. The molecule has 1 unspecified atom stereocenters. The predicted octanol–water partition coefficient (Wildman–Crippen LogP) is 3.35. The molecule has 17 heavy (non-hydrogen) atoms. The Hall–Kier alpha value is -0.970. The van der Waals surface area contributed by atoms with Crippen molar-refractivity contribution in [2.45, 2.75) is 25.8 Å². The molecule has 0 N–H and O–H groups in total. The molecular weight excluding hydrogens is 292 g/mol. The fraction of sp³-hybridized carbons (Fsp3) is 0.417. The van der Waals surface area contributed by atoms with Crippen LogP contribution in [0, 0.1) is 11.6 Å². The van der Waals surface area contributed by atoms with E-state index in [1.807, 2.05) is 6.92 Å². The van der Waals surface area contributed by atoms with Gasteiger partial charge in [-0.05, 0) is 41.8 Å². The Balaban J connectivity index is 2.34. The van der Waals surface area contributed by atoms with Gasteiger partial charge in [0, 0.05) is 18.7 Å². The number of rotatable bonds is 1. The molecule has 2 rings (SSSR count). The zero-order valence-corrected chi connectivity index (χ0v) is 10.9. The number of nitrogens with zero attached hydrogens (tertiary/aromatic N) is 1. The lowest BCUT2D eigenvalue weighted by Gasteiger charge is -2.21. The second-order valence-corrected chi connectivity index (χ2v) is 5.09. The lowest BCUT2D eigenvalue weighted by Crippen LogP contribution is -2.34. The van der Waals surface area contributed by atoms with Gasteiger partial charge in [-0.2, -0.15) is 0 Å². The summed E-state index contributed by atoms with van der Waals surface area (Å²) < 4.78 is 26.7. The topological polar surface area (TPSA) is 20.3 Å². The van der Waals surface area contributed by atoms with E-state index in [0.717, 1.165) is 18.9 Å². The van der Waals surface area contributed by atoms with E-state index >= 15 is 0 Å². The minimum absolute atomic E-state index is 0.0768. The largest absolute Gasteiger partial charge is 0.336 e. The first-order valence-electron chi connectivity index (χ1n) is 5.46. The fourth-order valence-corrected chi connectivity index (χ4v) is 2.42. The molecule has 1 aromatic carbocycles. The minimum atomic E-state index is -0.810. The first-order valence-corrected chi connectivity index (χ1v) is 6.25. The Morgan fingerprint density at radius 3 is 2.71 bits per heavy atom. The second kappa shape index (κ2) is 4.72. The van der Waals surface area contributed by atoms with E-state index in [-0.39, 0.29) is 22.0 Å². The van der Waals surface area contributed by atoms with E-state index in [1.165, 1.54) is 6.07 Å². The van der Waals surface area contributed by atoms with Gasteiger partial charge in [-0.3, -0.25) is 4.79 Å². The van der Waals surface area contributed by atoms with Gasteiger partial charge in [0.25, 0.3) is 5.91 Å². The molecule has 1 saturated heterocycles. The standard InChI is InChI=1S/C12H12BrF2NO/c1-7-3-2-4-16(7)12(17)8-5-9(13)11(15)6-10(8)14/h5-7H,2-4H2,1H3. The number of halogens is 3. The number of benzene rings is 1. The van der Waals surface area contributed by atoms with Gasteiger partial charge in [0.05, 0.1) is 10.0 Å². The van der Waals surface area contributed by atoms with Crippen LogP contribution in [0.1, 0.15) is 30.1 Å². The van der Waals surface area contributed by atoms with Crippen molar-refractivity contribution in [2.24, 2.45) is 0 Å². The van der Waals surface area contributed by atoms with E-state index in [4.69, 9.17) is 0 Å². The molecule has 0 aromatic heterocycles. The fourth-order valence-electron chi connectivity index (χ4n) is 2.08. The summed E-state index contributed by atoms with van der Waals surface area (Å²) in [5.74, 6) is -1.88. The molecule has 0 radical (unpaired) electrons. The Labute approximate surface area is 107 Å². The van der Waals surface area contributed by atoms with Crippen LogP contribution >= 0.6 is 15.9 Å². The molecule has 1 aromatic rings. The highest BCUT2D eigenvalue weighted by Crippen LogP contribution is 2.24. The molecule has 0 bridgehead atoms. The first kappa shape index (κ1) is 12.5. The van der Waals surface area contributed by atoms with Crippen molar-refractivity contribution in [1.82, 2.24) is 4.90 Å². The molecule has 5 heteroatoms. The molecule has 0 saturated carbocycles. The van der Waals surface area contributed by atoms with Crippen LogP contribution in [0.15, 0.2) is 16.6 Å². The Morgan fingerprint density at radius 2 is 2.12 bits per heavy atom. The van der Waals surface area contributed by atoms with Gasteiger partial charge >= 0.3 is 0 Å². The quantitative estimate of drug-likeness (QED) is 0.729. The SMILES string of the molecule is CC1CCCN1C(=O)c1cc(Br)c(F)cc1F. The number of hydrogen-bond donors (Lipinski definition) is 0. The third-order valence-corrected chi connectivity index (χ3v) is 3.66. The average molecular weight is 304 g/mol. The Morgan fingerprint density at radius 1 is 1.41 bits per heavy atom. The zero-order valence-electron chi connectivity index (χ0n) is 9.34. The number of amides is 1. The average Bonchev–Trinajstić information content (AvgIpc) is 2.69. The monoisotopic (exact) mass is 303 g/mol. The van der Waals surface area contributed by atoms with Gasteiger partial charge in [-0.15, -0.1) is 0 Å². The predicted molar refractivity (Wildman–Crippen MR) is 63.8 cm³/mol. The summed E-state index contributed by atoms with van der Waals surface area (Å²) in [6.07, 6.45) is 1.85. The minimum Gasteiger partial charge on any atom is -0.336 e. The summed E-state index contributed by atoms with van der Waals surface area (Å²) >= 11 is 2.96. The van der Waals surface area contributed by atoms with Gasteiger partial charge in [-0.25, -0.2) is 8.78 Å². The van der Waals surface area contributed by atoms with Crippen molar-refractivity contribution in [2.75, 3.05) is 6.54 Å². The van der Waals surface area contributed by atoms with E-state index in [9.17, 15) is 13.6 Å². The molecule has 1 aliphatic heterocycles. The first-order chi connectivity index (χ1) is 8.00. The van der Waals surface area contributed by atoms with Crippen LogP contribution < -0.4 is 0 Å². The van der Waals surface area contributed by atoms with Crippen molar-refractivity contribution >= 4 is 21.8 Å². The van der Waals surface area contributed by atoms with Crippen LogP contribution in [0.3, 0.4) is 0 Å². The van der Waals surface area contributed by atoms with Crippen LogP contribution in [-0.2, 0) is 0 Å². The maximum atomic E-state index is 13.6. The van der Waals surface area contributed by atoms with Crippen LogP contribution in [0.4, 0.5) is 8.78 Å². The van der Waals surface area contributed by atoms with Crippen molar-refractivity contribution < 1.29 is 13.6 Å². The van der Waals surface area contributed by atoms with E-state index in [2.05, 4.69) is 15.9 Å². The maximum absolute atomic E-state index is 13.6. The summed E-state index contributed by atoms with van der Waals surface area (Å²) in [4.78, 5) is 13.7. The van der Waals surface area contributed by atoms with Gasteiger partial charge in [0.2, 0.25) is 0 Å².